The van der Waals surface area contributed by atoms with Crippen LogP contribution in [0.4, 0.5) is 5.82 Å². The summed E-state index contributed by atoms with van der Waals surface area (Å²) < 4.78 is 25.4. The predicted molar refractivity (Wildman–Crippen MR) is 110 cm³/mol. The molecule has 0 fully saturated rings. The van der Waals surface area contributed by atoms with E-state index in [1.807, 2.05) is 27.7 Å². The highest BCUT2D eigenvalue weighted by Crippen LogP contribution is 2.38. The zero-order chi connectivity index (χ0) is 21.6. The van der Waals surface area contributed by atoms with E-state index >= 15 is 0 Å². The molecule has 0 aromatic carbocycles. The fraction of sp³-hybridized carbons (Fsp3) is 0.722. The highest BCUT2D eigenvalue weighted by atomic mass is 31.1. The van der Waals surface area contributed by atoms with Crippen LogP contribution in [0.5, 0.6) is 0 Å². The monoisotopic (exact) mass is 428 g/mol. The van der Waals surface area contributed by atoms with Crippen molar-refractivity contribution in [3.05, 3.63) is 12.7 Å². The van der Waals surface area contributed by atoms with E-state index in [0.29, 0.717) is 23.4 Å². The van der Waals surface area contributed by atoms with Crippen LogP contribution in [0, 0.1) is 0 Å². The van der Waals surface area contributed by atoms with Crippen LogP contribution in [-0.4, -0.2) is 67.4 Å². The Labute approximate surface area is 171 Å². The first kappa shape index (κ1) is 23.6. The number of aliphatic hydroxyl groups is 2. The molecule has 2 unspecified atom stereocenters. The molecule has 29 heavy (non-hydrogen) atoms. The maximum atomic E-state index is 12.2. The number of nitrogens with one attached hydrogen (secondary N) is 1. The first-order valence-corrected chi connectivity index (χ1v) is 10.9. The molecule has 4 atom stereocenters. The van der Waals surface area contributed by atoms with Gasteiger partial charge in [0.1, 0.15) is 23.5 Å². The predicted octanol–water partition coefficient (Wildman–Crippen LogP) is 2.46. The van der Waals surface area contributed by atoms with Gasteiger partial charge < -0.3 is 20.3 Å². The normalized spacial score (nSPS) is 15.9. The number of hydrogen-bond donors (Lipinski definition) is 3. The van der Waals surface area contributed by atoms with E-state index in [9.17, 15) is 14.8 Å². The van der Waals surface area contributed by atoms with Crippen LogP contribution in [0.25, 0.3) is 11.2 Å². The second-order valence-corrected chi connectivity index (χ2v) is 9.09. The molecule has 0 spiro atoms. The fourth-order valence-corrected chi connectivity index (χ4v) is 3.70. The molecule has 2 aromatic heterocycles. The van der Waals surface area contributed by atoms with E-state index in [-0.39, 0.29) is 12.3 Å². The molecule has 0 aliphatic rings. The number of ether oxygens (including phenoxy) is 1. The summed E-state index contributed by atoms with van der Waals surface area (Å²) >= 11 is 0. The molecule has 3 N–H and O–H groups in total. The summed E-state index contributed by atoms with van der Waals surface area (Å²) in [5.41, 5.74) is 0.317. The largest absolute Gasteiger partial charge is 0.511 e. The number of nitrogens with zero attached hydrogens (tertiary/aromatic N) is 4. The van der Waals surface area contributed by atoms with Crippen LogP contribution in [0.3, 0.4) is 0 Å². The number of anilines is 1. The lowest BCUT2D eigenvalue weighted by atomic mass is 10.1. The first-order chi connectivity index (χ1) is 13.7. The van der Waals surface area contributed by atoms with Gasteiger partial charge in [0.25, 0.3) is 0 Å². The SMILES string of the molecule is CC[C@H](C)[P+](=O)OC(C)(C)CCOC([C@H](O)CO)n1cnc2c(NC)ncnc21. The number of hydrogen-bond acceptors (Lipinski definition) is 9. The van der Waals surface area contributed by atoms with Gasteiger partial charge in [0.2, 0.25) is 0 Å². The van der Waals surface area contributed by atoms with Crippen LogP contribution >= 0.6 is 8.03 Å². The smallest absolute Gasteiger partial charge is 0.394 e. The number of fused-ring (bicyclic) bond motifs is 1. The maximum Gasteiger partial charge on any atom is 0.511 e. The lowest BCUT2D eigenvalue weighted by Gasteiger charge is -2.25. The second-order valence-electron chi connectivity index (χ2n) is 7.45. The van der Waals surface area contributed by atoms with E-state index in [2.05, 4.69) is 20.3 Å². The van der Waals surface area contributed by atoms with Crippen LogP contribution in [0.15, 0.2) is 12.7 Å². The highest BCUT2D eigenvalue weighted by Gasteiger charge is 2.36. The van der Waals surface area contributed by atoms with Crippen LogP contribution in [0.2, 0.25) is 0 Å². The van der Waals surface area contributed by atoms with Crippen LogP contribution in [-0.2, 0) is 13.8 Å². The topological polar surface area (TPSA) is 132 Å². The second kappa shape index (κ2) is 10.4. The summed E-state index contributed by atoms with van der Waals surface area (Å²) in [6, 6.07) is 0. The molecule has 2 aromatic rings. The molecule has 2 rings (SSSR count). The van der Waals surface area contributed by atoms with Gasteiger partial charge in [0, 0.05) is 13.5 Å². The van der Waals surface area contributed by atoms with Crippen molar-refractivity contribution in [1.82, 2.24) is 19.5 Å². The third-order valence-corrected chi connectivity index (χ3v) is 6.43. The van der Waals surface area contributed by atoms with E-state index in [1.54, 1.807) is 11.6 Å². The molecule has 2 heterocycles. The summed E-state index contributed by atoms with van der Waals surface area (Å²) in [5.74, 6) is 0.550. The summed E-state index contributed by atoms with van der Waals surface area (Å²) in [6.45, 7) is 7.28. The Morgan fingerprint density at radius 2 is 2.07 bits per heavy atom. The lowest BCUT2D eigenvalue weighted by molar-refractivity contribution is -0.104. The van der Waals surface area contributed by atoms with Gasteiger partial charge in [-0.2, -0.15) is 0 Å². The highest BCUT2D eigenvalue weighted by molar-refractivity contribution is 7.40. The average Bonchev–Trinajstić information content (AvgIpc) is 3.13. The molecule has 10 nitrogen and oxygen atoms in total. The van der Waals surface area contributed by atoms with Crippen molar-refractivity contribution in [1.29, 1.82) is 0 Å². The van der Waals surface area contributed by atoms with E-state index in [1.165, 1.54) is 12.7 Å². The minimum atomic E-state index is -1.78. The van der Waals surface area contributed by atoms with Crippen LogP contribution < -0.4 is 5.32 Å². The van der Waals surface area contributed by atoms with Gasteiger partial charge in [0.05, 0.1) is 19.5 Å². The molecular weight excluding hydrogens is 397 g/mol. The standard InChI is InChI=1S/C18H31N5O5P/c1-6-12(2)29(26)28-18(3,4)7-8-27-17(13(25)9-24)23-11-22-14-15(19-5)20-10-21-16(14)23/h10-13,17,24-25H,6-9H2,1-5H3,(H,19,20,21)/q+1/t12-,13+,17?/m0/s1. The van der Waals surface area contributed by atoms with Gasteiger partial charge in [-0.05, 0) is 31.8 Å². The molecule has 11 heteroatoms. The molecule has 0 aliphatic heterocycles. The van der Waals surface area contributed by atoms with E-state index < -0.39 is 32.6 Å². The number of aromatic nitrogens is 4. The van der Waals surface area contributed by atoms with Crippen LogP contribution in [0.1, 0.15) is 46.8 Å². The van der Waals surface area contributed by atoms with E-state index in [4.69, 9.17) is 9.26 Å². The van der Waals surface area contributed by atoms with Gasteiger partial charge in [-0.15, -0.1) is 4.52 Å². The van der Waals surface area contributed by atoms with Crippen molar-refractivity contribution >= 4 is 25.0 Å². The fourth-order valence-electron chi connectivity index (χ4n) is 2.64. The molecule has 162 valence electrons. The average molecular weight is 428 g/mol. The Kier molecular flexibility index (Phi) is 8.42. The molecule has 0 radical (unpaired) electrons. The van der Waals surface area contributed by atoms with Gasteiger partial charge in [-0.3, -0.25) is 4.57 Å². The minimum absolute atomic E-state index is 0.0208. The Balaban J connectivity index is 2.12. The van der Waals surface area contributed by atoms with Crippen molar-refractivity contribution < 1.29 is 24.0 Å². The molecule has 0 saturated carbocycles. The molecular formula is C18H31N5O5P+. The van der Waals surface area contributed by atoms with Gasteiger partial charge >= 0.3 is 8.03 Å². The van der Waals surface area contributed by atoms with Crippen molar-refractivity contribution in [3.8, 4) is 0 Å². The van der Waals surface area contributed by atoms with Gasteiger partial charge in [-0.25, -0.2) is 15.0 Å². The summed E-state index contributed by atoms with van der Waals surface area (Å²) in [5, 5.41) is 22.7. The minimum Gasteiger partial charge on any atom is -0.394 e. The van der Waals surface area contributed by atoms with Crippen molar-refractivity contribution in [2.24, 2.45) is 0 Å². The Morgan fingerprint density at radius 3 is 2.69 bits per heavy atom. The molecule has 0 saturated heterocycles. The molecule has 0 amide bonds. The number of rotatable bonds is 12. The maximum absolute atomic E-state index is 12.2. The van der Waals surface area contributed by atoms with Crippen molar-refractivity contribution in [2.75, 3.05) is 25.6 Å². The number of imidazole rings is 1. The van der Waals surface area contributed by atoms with E-state index in [0.717, 1.165) is 6.42 Å². The summed E-state index contributed by atoms with van der Waals surface area (Å²) in [7, 11) is -0.0509. The number of aliphatic hydroxyl groups excluding tert-OH is 2. The van der Waals surface area contributed by atoms with Gasteiger partial charge in [-0.1, -0.05) is 6.92 Å². The zero-order valence-corrected chi connectivity index (χ0v) is 18.5. The molecule has 0 bridgehead atoms. The lowest BCUT2D eigenvalue weighted by Crippen LogP contribution is -2.32. The quantitative estimate of drug-likeness (QED) is 0.436. The molecule has 0 aliphatic carbocycles. The first-order valence-electron chi connectivity index (χ1n) is 9.65. The van der Waals surface area contributed by atoms with Crippen molar-refractivity contribution in [2.45, 2.75) is 64.1 Å². The zero-order valence-electron chi connectivity index (χ0n) is 17.6. The summed E-state index contributed by atoms with van der Waals surface area (Å²) in [6.07, 6.45) is 2.02. The van der Waals surface area contributed by atoms with Gasteiger partial charge in [0.15, 0.2) is 23.4 Å². The van der Waals surface area contributed by atoms with Crippen molar-refractivity contribution in [3.63, 3.8) is 0 Å². The third-order valence-electron chi connectivity index (χ3n) is 4.67. The Hall–Kier alpha value is -1.71. The Morgan fingerprint density at radius 1 is 1.34 bits per heavy atom. The Bertz CT molecular complexity index is 815. The summed E-state index contributed by atoms with van der Waals surface area (Å²) in [4.78, 5) is 12.6. The third kappa shape index (κ3) is 5.90.